The monoisotopic (exact) mass is 345 g/mol. The van der Waals surface area contributed by atoms with Gasteiger partial charge in [0.15, 0.2) is 0 Å². The lowest BCUT2D eigenvalue weighted by molar-refractivity contribution is 0.413. The van der Waals surface area contributed by atoms with Gasteiger partial charge in [0.05, 0.1) is 23.6 Å². The first-order chi connectivity index (χ1) is 10.1. The lowest BCUT2D eigenvalue weighted by Crippen LogP contribution is -2.03. The molecule has 0 saturated heterocycles. The maximum atomic E-state index is 12.2. The zero-order valence-corrected chi connectivity index (χ0v) is 13.1. The third-order valence-electron chi connectivity index (χ3n) is 3.18. The Morgan fingerprint density at radius 1 is 1.19 bits per heavy atom. The third kappa shape index (κ3) is 2.56. The molecule has 0 bridgehead atoms. The minimum Gasteiger partial charge on any atom is -0.496 e. The summed E-state index contributed by atoms with van der Waals surface area (Å²) >= 11 is 3.40. The van der Waals surface area contributed by atoms with Gasteiger partial charge in [0.25, 0.3) is 0 Å². The minimum absolute atomic E-state index is 0.245. The molecule has 0 N–H and O–H groups in total. The summed E-state index contributed by atoms with van der Waals surface area (Å²) in [5.74, 6) is 0.842. The van der Waals surface area contributed by atoms with Crippen LogP contribution in [0.5, 0.6) is 5.75 Å². The number of benzene rings is 2. The van der Waals surface area contributed by atoms with E-state index in [4.69, 9.17) is 9.15 Å². The van der Waals surface area contributed by atoms with Crippen LogP contribution in [0.25, 0.3) is 22.4 Å². The Morgan fingerprint density at radius 2 is 2.00 bits per heavy atom. The van der Waals surface area contributed by atoms with Crippen molar-refractivity contribution in [1.29, 1.82) is 0 Å². The molecule has 3 aromatic rings. The highest BCUT2D eigenvalue weighted by Crippen LogP contribution is 2.31. The smallest absolute Gasteiger partial charge is 0.347 e. The highest BCUT2D eigenvalue weighted by atomic mass is 79.9. The van der Waals surface area contributed by atoms with E-state index in [0.29, 0.717) is 22.2 Å². The highest BCUT2D eigenvalue weighted by Gasteiger charge is 2.13. The molecule has 106 valence electrons. The van der Waals surface area contributed by atoms with Gasteiger partial charge in [0, 0.05) is 4.47 Å². The van der Waals surface area contributed by atoms with Crippen LogP contribution >= 0.6 is 15.9 Å². The van der Waals surface area contributed by atoms with E-state index < -0.39 is 5.63 Å². The summed E-state index contributed by atoms with van der Waals surface area (Å²) in [7, 11) is 1.56. The molecule has 0 unspecified atom stereocenters. The molecule has 5 heteroatoms. The van der Waals surface area contributed by atoms with Gasteiger partial charge in [-0.05, 0) is 37.3 Å². The average molecular weight is 346 g/mol. The first-order valence-electron chi connectivity index (χ1n) is 6.34. The maximum Gasteiger partial charge on any atom is 0.347 e. The van der Waals surface area contributed by atoms with Gasteiger partial charge in [-0.2, -0.15) is 0 Å². The molecule has 0 aliphatic rings. The normalized spacial score (nSPS) is 10.8. The minimum atomic E-state index is -0.402. The number of halogens is 1. The topological polar surface area (TPSA) is 52.3 Å². The van der Waals surface area contributed by atoms with Crippen molar-refractivity contribution in [2.45, 2.75) is 6.92 Å². The second-order valence-electron chi connectivity index (χ2n) is 4.67. The number of aryl methyl sites for hydroxylation is 1. The Labute approximate surface area is 129 Å². The summed E-state index contributed by atoms with van der Waals surface area (Å²) < 4.78 is 11.5. The van der Waals surface area contributed by atoms with E-state index in [1.165, 1.54) is 0 Å². The van der Waals surface area contributed by atoms with E-state index in [2.05, 4.69) is 20.9 Å². The summed E-state index contributed by atoms with van der Waals surface area (Å²) in [4.78, 5) is 16.6. The Hall–Kier alpha value is -2.14. The zero-order chi connectivity index (χ0) is 15.0. The molecule has 0 saturated carbocycles. The van der Waals surface area contributed by atoms with E-state index in [1.807, 2.05) is 31.2 Å². The lowest BCUT2D eigenvalue weighted by atomic mass is 10.1. The van der Waals surface area contributed by atoms with Crippen LogP contribution < -0.4 is 10.4 Å². The number of rotatable bonds is 2. The number of hydrogen-bond donors (Lipinski definition) is 0. The van der Waals surface area contributed by atoms with Gasteiger partial charge < -0.3 is 9.15 Å². The van der Waals surface area contributed by atoms with Crippen molar-refractivity contribution in [3.63, 3.8) is 0 Å². The number of aromatic nitrogens is 1. The van der Waals surface area contributed by atoms with Crippen molar-refractivity contribution < 1.29 is 9.15 Å². The average Bonchev–Trinajstić information content (AvgIpc) is 2.47. The van der Waals surface area contributed by atoms with Crippen molar-refractivity contribution in [3.05, 3.63) is 56.9 Å². The van der Waals surface area contributed by atoms with Crippen LogP contribution in [-0.4, -0.2) is 12.1 Å². The Balaban J connectivity index is 2.29. The Morgan fingerprint density at radius 3 is 2.76 bits per heavy atom. The highest BCUT2D eigenvalue weighted by molar-refractivity contribution is 9.10. The van der Waals surface area contributed by atoms with Crippen molar-refractivity contribution >= 4 is 26.8 Å². The molecule has 0 atom stereocenters. The molecule has 1 aromatic heterocycles. The number of hydrogen-bond acceptors (Lipinski definition) is 4. The van der Waals surface area contributed by atoms with Gasteiger partial charge >= 0.3 is 5.63 Å². The molecular weight excluding hydrogens is 334 g/mol. The summed E-state index contributed by atoms with van der Waals surface area (Å²) in [5.41, 5.74) is 1.82. The fourth-order valence-electron chi connectivity index (χ4n) is 2.15. The molecule has 0 aliphatic carbocycles. The van der Waals surface area contributed by atoms with Crippen LogP contribution in [0.15, 0.2) is 50.1 Å². The predicted molar refractivity (Wildman–Crippen MR) is 84.7 cm³/mol. The number of nitrogens with zero attached hydrogens (tertiary/aromatic N) is 1. The van der Waals surface area contributed by atoms with Gasteiger partial charge in [0.2, 0.25) is 5.89 Å². The standard InChI is InChI=1S/C16H12BrNO3/c1-9-3-5-13-11(7-9)16(19)21-15(18-13)12-8-10(17)4-6-14(12)20-2/h3-8H,1-2H3. The molecule has 0 amide bonds. The first-order valence-corrected chi connectivity index (χ1v) is 7.13. The molecule has 4 nitrogen and oxygen atoms in total. The van der Waals surface area contributed by atoms with Gasteiger partial charge in [-0.1, -0.05) is 27.6 Å². The zero-order valence-electron chi connectivity index (χ0n) is 11.5. The second kappa shape index (κ2) is 5.33. The van der Waals surface area contributed by atoms with Crippen LogP contribution in [0, 0.1) is 6.92 Å². The maximum absolute atomic E-state index is 12.2. The molecule has 0 aliphatic heterocycles. The molecule has 0 radical (unpaired) electrons. The fraction of sp³-hybridized carbons (Fsp3) is 0.125. The van der Waals surface area contributed by atoms with Gasteiger partial charge in [0.1, 0.15) is 5.75 Å². The van der Waals surface area contributed by atoms with E-state index in [9.17, 15) is 4.79 Å². The SMILES string of the molecule is COc1ccc(Br)cc1-c1nc2ccc(C)cc2c(=O)o1. The van der Waals surface area contributed by atoms with Crippen molar-refractivity contribution in [2.24, 2.45) is 0 Å². The van der Waals surface area contributed by atoms with Crippen molar-refractivity contribution in [3.8, 4) is 17.2 Å². The van der Waals surface area contributed by atoms with Crippen LogP contribution in [0.1, 0.15) is 5.56 Å². The van der Waals surface area contributed by atoms with Crippen LogP contribution in [0.2, 0.25) is 0 Å². The molecule has 0 spiro atoms. The largest absolute Gasteiger partial charge is 0.496 e. The van der Waals surface area contributed by atoms with Gasteiger partial charge in [-0.25, -0.2) is 9.78 Å². The van der Waals surface area contributed by atoms with Crippen molar-refractivity contribution in [2.75, 3.05) is 7.11 Å². The fourth-order valence-corrected chi connectivity index (χ4v) is 2.51. The van der Waals surface area contributed by atoms with Crippen LogP contribution in [0.3, 0.4) is 0 Å². The van der Waals surface area contributed by atoms with E-state index >= 15 is 0 Å². The quantitative estimate of drug-likeness (QED) is 0.705. The predicted octanol–water partition coefficient (Wildman–Crippen LogP) is 3.93. The second-order valence-corrected chi connectivity index (χ2v) is 5.59. The third-order valence-corrected chi connectivity index (χ3v) is 3.67. The summed E-state index contributed by atoms with van der Waals surface area (Å²) in [6.45, 7) is 1.92. The molecule has 1 heterocycles. The summed E-state index contributed by atoms with van der Waals surface area (Å²) in [6.07, 6.45) is 0. The number of methoxy groups -OCH3 is 1. The van der Waals surface area contributed by atoms with E-state index in [-0.39, 0.29) is 5.89 Å². The molecule has 0 fully saturated rings. The first kappa shape index (κ1) is 13.8. The summed E-state index contributed by atoms with van der Waals surface area (Å²) in [5, 5.41) is 0.479. The molecule has 3 rings (SSSR count). The van der Waals surface area contributed by atoms with Crippen LogP contribution in [-0.2, 0) is 0 Å². The molecule has 2 aromatic carbocycles. The van der Waals surface area contributed by atoms with Gasteiger partial charge in [-0.15, -0.1) is 0 Å². The Kier molecular flexibility index (Phi) is 3.51. The lowest BCUT2D eigenvalue weighted by Gasteiger charge is -2.08. The van der Waals surface area contributed by atoms with E-state index in [0.717, 1.165) is 10.0 Å². The number of ether oxygens (including phenoxy) is 1. The number of fused-ring (bicyclic) bond motifs is 1. The Bertz CT molecular complexity index is 886. The molecule has 21 heavy (non-hydrogen) atoms. The summed E-state index contributed by atoms with van der Waals surface area (Å²) in [6, 6.07) is 11.0. The van der Waals surface area contributed by atoms with Crippen LogP contribution in [0.4, 0.5) is 0 Å². The van der Waals surface area contributed by atoms with Crippen molar-refractivity contribution in [1.82, 2.24) is 4.98 Å². The van der Waals surface area contributed by atoms with E-state index in [1.54, 1.807) is 19.2 Å². The van der Waals surface area contributed by atoms with Gasteiger partial charge in [-0.3, -0.25) is 0 Å². The molecular formula is C16H12BrNO3.